The summed E-state index contributed by atoms with van der Waals surface area (Å²) in [6.07, 6.45) is 4.32. The number of aromatic nitrogens is 3. The maximum Gasteiger partial charge on any atom is 0.328 e. The molecule has 0 aliphatic carbocycles. The molecule has 0 unspecified atom stereocenters. The highest BCUT2D eigenvalue weighted by molar-refractivity contribution is 5.35. The average molecular weight is 274 g/mol. The van der Waals surface area contributed by atoms with Gasteiger partial charge >= 0.3 is 5.69 Å². The van der Waals surface area contributed by atoms with Crippen molar-refractivity contribution >= 4 is 5.82 Å². The average Bonchev–Trinajstić information content (AvgIpc) is 2.44. The summed E-state index contributed by atoms with van der Waals surface area (Å²) in [5.41, 5.74) is 0.664. The van der Waals surface area contributed by atoms with Crippen LogP contribution in [0.3, 0.4) is 0 Å². The second kappa shape index (κ2) is 6.18. The molecule has 2 aromatic heterocycles. The zero-order chi connectivity index (χ0) is 14.5. The third kappa shape index (κ3) is 3.34. The topological polar surface area (TPSA) is 79.8 Å². The summed E-state index contributed by atoms with van der Waals surface area (Å²) >= 11 is 0. The Kier molecular flexibility index (Phi) is 4.34. The number of pyridine rings is 1. The highest BCUT2D eigenvalue weighted by Crippen LogP contribution is 2.06. The number of nitrogens with zero attached hydrogens (tertiary/aromatic N) is 2. The SMILES string of the molecule is CCCNc1ccc(Cn2cc(C)c(=O)[nH]c2=O)cn1. The van der Waals surface area contributed by atoms with E-state index in [1.54, 1.807) is 19.3 Å². The van der Waals surface area contributed by atoms with E-state index >= 15 is 0 Å². The molecule has 2 N–H and O–H groups in total. The first kappa shape index (κ1) is 14.0. The van der Waals surface area contributed by atoms with Gasteiger partial charge in [0.05, 0.1) is 6.54 Å². The summed E-state index contributed by atoms with van der Waals surface area (Å²) in [4.78, 5) is 29.5. The third-order valence-corrected chi connectivity index (χ3v) is 2.92. The molecule has 6 heteroatoms. The number of hydrogen-bond acceptors (Lipinski definition) is 4. The molecule has 0 saturated carbocycles. The van der Waals surface area contributed by atoms with Crippen molar-refractivity contribution in [1.29, 1.82) is 0 Å². The van der Waals surface area contributed by atoms with Gasteiger partial charge in [-0.1, -0.05) is 13.0 Å². The van der Waals surface area contributed by atoms with Gasteiger partial charge in [0.15, 0.2) is 0 Å². The second-order valence-corrected chi connectivity index (χ2v) is 4.68. The lowest BCUT2D eigenvalue weighted by atomic mass is 10.2. The molecule has 0 amide bonds. The molecule has 0 spiro atoms. The van der Waals surface area contributed by atoms with Crippen molar-refractivity contribution in [2.45, 2.75) is 26.8 Å². The molecule has 0 saturated heterocycles. The Morgan fingerprint density at radius 1 is 1.35 bits per heavy atom. The second-order valence-electron chi connectivity index (χ2n) is 4.68. The molecular weight excluding hydrogens is 256 g/mol. The summed E-state index contributed by atoms with van der Waals surface area (Å²) < 4.78 is 1.47. The van der Waals surface area contributed by atoms with E-state index in [2.05, 4.69) is 22.2 Å². The van der Waals surface area contributed by atoms with Crippen molar-refractivity contribution in [2.24, 2.45) is 0 Å². The standard InChI is InChI=1S/C14H18N4O2/c1-3-6-15-12-5-4-11(7-16-12)9-18-8-10(2)13(19)17-14(18)20/h4-5,7-8H,3,6,9H2,1-2H3,(H,15,16)(H,17,19,20). The Bertz CT molecular complexity index is 686. The number of anilines is 1. The van der Waals surface area contributed by atoms with Crippen LogP contribution in [0.4, 0.5) is 5.82 Å². The fraction of sp³-hybridized carbons (Fsp3) is 0.357. The molecule has 0 aliphatic heterocycles. The highest BCUT2D eigenvalue weighted by atomic mass is 16.2. The zero-order valence-electron chi connectivity index (χ0n) is 11.6. The Morgan fingerprint density at radius 2 is 2.15 bits per heavy atom. The summed E-state index contributed by atoms with van der Waals surface area (Å²) in [6, 6.07) is 3.80. The van der Waals surface area contributed by atoms with Crippen LogP contribution in [0.1, 0.15) is 24.5 Å². The maximum atomic E-state index is 11.7. The lowest BCUT2D eigenvalue weighted by Crippen LogP contribution is -2.31. The molecule has 0 bridgehead atoms. The van der Waals surface area contributed by atoms with E-state index in [0.717, 1.165) is 24.3 Å². The maximum absolute atomic E-state index is 11.7. The smallest absolute Gasteiger partial charge is 0.328 e. The molecule has 2 rings (SSSR count). The first-order valence-corrected chi connectivity index (χ1v) is 6.59. The van der Waals surface area contributed by atoms with Crippen LogP contribution in [0.2, 0.25) is 0 Å². The van der Waals surface area contributed by atoms with Crippen LogP contribution in [-0.4, -0.2) is 21.1 Å². The zero-order valence-corrected chi connectivity index (χ0v) is 11.6. The van der Waals surface area contributed by atoms with Gasteiger partial charge in [0.2, 0.25) is 0 Å². The molecule has 2 aromatic rings. The van der Waals surface area contributed by atoms with E-state index in [-0.39, 0.29) is 5.56 Å². The first-order valence-electron chi connectivity index (χ1n) is 6.59. The van der Waals surface area contributed by atoms with Crippen molar-refractivity contribution in [3.63, 3.8) is 0 Å². The van der Waals surface area contributed by atoms with E-state index in [4.69, 9.17) is 0 Å². The Labute approximate surface area is 116 Å². The summed E-state index contributed by atoms with van der Waals surface area (Å²) in [7, 11) is 0. The van der Waals surface area contributed by atoms with Gasteiger partial charge in [-0.25, -0.2) is 9.78 Å². The third-order valence-electron chi connectivity index (χ3n) is 2.92. The molecule has 0 aromatic carbocycles. The van der Waals surface area contributed by atoms with Gasteiger partial charge in [0.1, 0.15) is 5.82 Å². The van der Waals surface area contributed by atoms with Crippen LogP contribution in [-0.2, 0) is 6.54 Å². The molecule has 20 heavy (non-hydrogen) atoms. The van der Waals surface area contributed by atoms with E-state index in [1.165, 1.54) is 4.57 Å². The quantitative estimate of drug-likeness (QED) is 0.856. The van der Waals surface area contributed by atoms with Gasteiger partial charge in [-0.2, -0.15) is 0 Å². The number of hydrogen-bond donors (Lipinski definition) is 2. The predicted octanol–water partition coefficient (Wildman–Crippen LogP) is 1.11. The number of aromatic amines is 1. The minimum absolute atomic E-state index is 0.344. The van der Waals surface area contributed by atoms with Crippen LogP contribution < -0.4 is 16.6 Å². The highest BCUT2D eigenvalue weighted by Gasteiger charge is 2.02. The van der Waals surface area contributed by atoms with Crippen molar-refractivity contribution in [3.05, 3.63) is 56.5 Å². The van der Waals surface area contributed by atoms with Gasteiger partial charge in [-0.05, 0) is 25.0 Å². The van der Waals surface area contributed by atoms with Crippen molar-refractivity contribution in [2.75, 3.05) is 11.9 Å². The van der Waals surface area contributed by atoms with E-state index in [0.29, 0.717) is 12.1 Å². The number of aryl methyl sites for hydroxylation is 1. The largest absolute Gasteiger partial charge is 0.370 e. The van der Waals surface area contributed by atoms with Crippen molar-refractivity contribution in [3.8, 4) is 0 Å². The van der Waals surface area contributed by atoms with Gasteiger partial charge in [0, 0.05) is 24.5 Å². The molecule has 2 heterocycles. The fourth-order valence-electron chi connectivity index (χ4n) is 1.81. The van der Waals surface area contributed by atoms with Gasteiger partial charge in [-0.15, -0.1) is 0 Å². The van der Waals surface area contributed by atoms with Crippen molar-refractivity contribution in [1.82, 2.24) is 14.5 Å². The van der Waals surface area contributed by atoms with Crippen LogP contribution in [0.25, 0.3) is 0 Å². The molecule has 0 aliphatic rings. The Hall–Kier alpha value is -2.37. The van der Waals surface area contributed by atoms with Crippen LogP contribution in [0, 0.1) is 6.92 Å². The minimum atomic E-state index is -0.409. The summed E-state index contributed by atoms with van der Waals surface area (Å²) in [5.74, 6) is 0.820. The number of nitrogens with one attached hydrogen (secondary N) is 2. The first-order chi connectivity index (χ1) is 9.60. The Balaban J connectivity index is 2.16. The normalized spacial score (nSPS) is 10.5. The van der Waals surface area contributed by atoms with Crippen LogP contribution in [0.5, 0.6) is 0 Å². The van der Waals surface area contributed by atoms with Crippen molar-refractivity contribution < 1.29 is 0 Å². The van der Waals surface area contributed by atoms with Gasteiger partial charge in [-0.3, -0.25) is 14.3 Å². The molecule has 0 fully saturated rings. The number of H-pyrrole nitrogens is 1. The van der Waals surface area contributed by atoms with Crippen LogP contribution >= 0.6 is 0 Å². The monoisotopic (exact) mass is 274 g/mol. The molecule has 0 radical (unpaired) electrons. The predicted molar refractivity (Wildman–Crippen MR) is 78.2 cm³/mol. The van der Waals surface area contributed by atoms with Crippen LogP contribution in [0.15, 0.2) is 34.1 Å². The van der Waals surface area contributed by atoms with E-state index in [9.17, 15) is 9.59 Å². The summed E-state index contributed by atoms with van der Waals surface area (Å²) in [5, 5.41) is 3.19. The lowest BCUT2D eigenvalue weighted by Gasteiger charge is -2.07. The Morgan fingerprint density at radius 3 is 2.80 bits per heavy atom. The minimum Gasteiger partial charge on any atom is -0.370 e. The van der Waals surface area contributed by atoms with Gasteiger partial charge < -0.3 is 5.32 Å². The molecule has 6 nitrogen and oxygen atoms in total. The van der Waals surface area contributed by atoms with E-state index < -0.39 is 5.69 Å². The number of rotatable bonds is 5. The molecule has 0 atom stereocenters. The van der Waals surface area contributed by atoms with Gasteiger partial charge in [0.25, 0.3) is 5.56 Å². The van der Waals surface area contributed by atoms with E-state index in [1.807, 2.05) is 12.1 Å². The fourth-order valence-corrected chi connectivity index (χ4v) is 1.81. The molecular formula is C14H18N4O2. The molecule has 106 valence electrons. The summed E-state index contributed by atoms with van der Waals surface area (Å²) in [6.45, 7) is 5.03. The lowest BCUT2D eigenvalue weighted by molar-refractivity contribution is 0.711.